The highest BCUT2D eigenvalue weighted by molar-refractivity contribution is 5.87. The lowest BCUT2D eigenvalue weighted by Crippen LogP contribution is -2.46. The third kappa shape index (κ3) is 7.87. The summed E-state index contributed by atoms with van der Waals surface area (Å²) in [7, 11) is 0. The summed E-state index contributed by atoms with van der Waals surface area (Å²) in [5, 5.41) is 20.4. The Bertz CT molecular complexity index is 959. The molecule has 2 aromatic rings. The number of aliphatic hydroxyl groups is 1. The molecule has 0 aliphatic heterocycles. The van der Waals surface area contributed by atoms with Crippen LogP contribution < -0.4 is 5.84 Å². The summed E-state index contributed by atoms with van der Waals surface area (Å²) < 4.78 is 38.6. The Morgan fingerprint density at radius 1 is 1.06 bits per heavy atom. The Labute approximate surface area is 190 Å². The largest absolute Gasteiger partial charge is 0.478 e. The van der Waals surface area contributed by atoms with Gasteiger partial charge in [0.05, 0.1) is 17.2 Å². The molecule has 0 aliphatic carbocycles. The van der Waals surface area contributed by atoms with E-state index in [0.717, 1.165) is 22.7 Å². The number of nitrogens with two attached hydrogens (primary N) is 1. The number of aliphatic hydroxyl groups excluding tert-OH is 1. The van der Waals surface area contributed by atoms with Gasteiger partial charge in [-0.1, -0.05) is 44.2 Å². The van der Waals surface area contributed by atoms with Crippen molar-refractivity contribution in [3.05, 3.63) is 70.8 Å². The monoisotopic (exact) mass is 466 g/mol. The molecule has 0 heterocycles. The maximum atomic E-state index is 12.9. The highest BCUT2D eigenvalue weighted by atomic mass is 19.4. The molecule has 2 rings (SSSR count). The van der Waals surface area contributed by atoms with Crippen LogP contribution in [-0.4, -0.2) is 39.7 Å². The van der Waals surface area contributed by atoms with E-state index in [-0.39, 0.29) is 30.9 Å². The maximum Gasteiger partial charge on any atom is 0.416 e. The first kappa shape index (κ1) is 26.3. The van der Waals surface area contributed by atoms with Crippen LogP contribution in [0, 0.1) is 5.41 Å². The molecular weight excluding hydrogens is 437 g/mol. The quantitative estimate of drug-likeness (QED) is 0.278. The molecule has 33 heavy (non-hydrogen) atoms. The van der Waals surface area contributed by atoms with E-state index in [1.165, 1.54) is 24.3 Å². The third-order valence-electron chi connectivity index (χ3n) is 5.51. The predicted molar refractivity (Wildman–Crippen MR) is 117 cm³/mol. The summed E-state index contributed by atoms with van der Waals surface area (Å²) in [5.74, 6) is 4.59. The molecule has 2 aromatic carbocycles. The fourth-order valence-corrected chi connectivity index (χ4v) is 3.44. The summed E-state index contributed by atoms with van der Waals surface area (Å²) in [6.07, 6.45) is -4.34. The third-order valence-corrected chi connectivity index (χ3v) is 5.51. The number of hydrogen-bond donors (Lipinski definition) is 3. The van der Waals surface area contributed by atoms with Crippen molar-refractivity contribution >= 4 is 11.9 Å². The van der Waals surface area contributed by atoms with Crippen molar-refractivity contribution in [2.75, 3.05) is 6.54 Å². The van der Waals surface area contributed by atoms with E-state index in [0.29, 0.717) is 18.4 Å². The van der Waals surface area contributed by atoms with E-state index in [1.807, 2.05) is 0 Å². The van der Waals surface area contributed by atoms with Crippen molar-refractivity contribution in [2.24, 2.45) is 11.3 Å². The number of carbonyl (C=O) groups excluding carboxylic acids is 1. The molecule has 1 unspecified atom stereocenters. The van der Waals surface area contributed by atoms with E-state index >= 15 is 0 Å². The normalized spacial score (nSPS) is 12.9. The molecule has 180 valence electrons. The number of halogens is 3. The van der Waals surface area contributed by atoms with E-state index in [9.17, 15) is 27.9 Å². The van der Waals surface area contributed by atoms with Gasteiger partial charge in [-0.3, -0.25) is 9.80 Å². The summed E-state index contributed by atoms with van der Waals surface area (Å²) in [6.45, 7) is 3.63. The van der Waals surface area contributed by atoms with Gasteiger partial charge >= 0.3 is 12.1 Å². The molecule has 0 saturated carbocycles. The van der Waals surface area contributed by atoms with Crippen molar-refractivity contribution in [1.82, 2.24) is 5.01 Å². The number of hydrazine groups is 1. The average molecular weight is 467 g/mol. The second-order valence-electron chi connectivity index (χ2n) is 8.73. The smallest absolute Gasteiger partial charge is 0.416 e. The Kier molecular flexibility index (Phi) is 8.63. The zero-order valence-electron chi connectivity index (χ0n) is 18.6. The molecule has 6 nitrogen and oxygen atoms in total. The fraction of sp³-hybridized carbons (Fsp3) is 0.417. The van der Waals surface area contributed by atoms with E-state index in [2.05, 4.69) is 0 Å². The molecule has 1 atom stereocenters. The first-order chi connectivity index (χ1) is 15.3. The van der Waals surface area contributed by atoms with Crippen molar-refractivity contribution in [3.63, 3.8) is 0 Å². The van der Waals surface area contributed by atoms with Crippen LogP contribution in [0.25, 0.3) is 0 Å². The molecule has 0 aromatic heterocycles. The molecule has 1 amide bonds. The fourth-order valence-electron chi connectivity index (χ4n) is 3.44. The SMILES string of the molecule is CC(C)(CCC(O)Cc1cccc(C(F)(F)F)c1)C(=O)N(N)CCc1ccc(C(=O)O)cc1. The van der Waals surface area contributed by atoms with Crippen LogP contribution in [0.15, 0.2) is 48.5 Å². The van der Waals surface area contributed by atoms with Gasteiger partial charge in [-0.05, 0) is 55.0 Å². The van der Waals surface area contributed by atoms with Crippen molar-refractivity contribution in [3.8, 4) is 0 Å². The van der Waals surface area contributed by atoms with Crippen LogP contribution in [0.4, 0.5) is 13.2 Å². The van der Waals surface area contributed by atoms with Crippen LogP contribution in [0.1, 0.15) is 53.7 Å². The van der Waals surface area contributed by atoms with E-state index in [1.54, 1.807) is 26.0 Å². The van der Waals surface area contributed by atoms with Crippen LogP contribution in [-0.2, 0) is 23.8 Å². The topological polar surface area (TPSA) is 104 Å². The number of hydrogen-bond acceptors (Lipinski definition) is 4. The van der Waals surface area contributed by atoms with Gasteiger partial charge in [0.2, 0.25) is 5.91 Å². The average Bonchev–Trinajstić information content (AvgIpc) is 2.75. The van der Waals surface area contributed by atoms with Gasteiger partial charge in [0, 0.05) is 12.0 Å². The Balaban J connectivity index is 1.86. The maximum absolute atomic E-state index is 12.9. The second kappa shape index (κ2) is 10.8. The summed E-state index contributed by atoms with van der Waals surface area (Å²) in [4.78, 5) is 23.7. The number of carbonyl (C=O) groups is 2. The van der Waals surface area contributed by atoms with Crippen molar-refractivity contribution < 1.29 is 33.0 Å². The van der Waals surface area contributed by atoms with Gasteiger partial charge in [-0.2, -0.15) is 13.2 Å². The van der Waals surface area contributed by atoms with Crippen LogP contribution in [0.3, 0.4) is 0 Å². The minimum absolute atomic E-state index is 0.0485. The zero-order valence-corrected chi connectivity index (χ0v) is 18.6. The highest BCUT2D eigenvalue weighted by Gasteiger charge is 2.32. The molecule has 0 aliphatic rings. The number of aromatic carboxylic acids is 1. The van der Waals surface area contributed by atoms with Crippen molar-refractivity contribution in [2.45, 2.75) is 51.8 Å². The van der Waals surface area contributed by atoms with Gasteiger partial charge in [0.25, 0.3) is 0 Å². The standard InChI is InChI=1S/C24H29F3N2O4/c1-23(2,12-10-20(30)15-17-4-3-5-19(14-17)24(25,26)27)22(33)29(28)13-11-16-6-8-18(9-7-16)21(31)32/h3-9,14,20,30H,10-13,15,28H2,1-2H3,(H,31,32). The first-order valence-corrected chi connectivity index (χ1v) is 10.5. The number of alkyl halides is 3. The molecule has 9 heteroatoms. The van der Waals surface area contributed by atoms with Gasteiger partial charge in [-0.25, -0.2) is 10.6 Å². The zero-order chi connectivity index (χ0) is 24.8. The lowest BCUT2D eigenvalue weighted by molar-refractivity contribution is -0.141. The van der Waals surface area contributed by atoms with E-state index < -0.39 is 29.2 Å². The lowest BCUT2D eigenvalue weighted by Gasteiger charge is -2.29. The molecule has 0 fully saturated rings. The molecule has 0 saturated heterocycles. The van der Waals surface area contributed by atoms with Crippen LogP contribution >= 0.6 is 0 Å². The minimum atomic E-state index is -4.45. The Morgan fingerprint density at radius 2 is 1.70 bits per heavy atom. The number of rotatable bonds is 10. The first-order valence-electron chi connectivity index (χ1n) is 10.5. The number of carboxylic acid groups (broad SMARTS) is 1. The Hall–Kier alpha value is -2.91. The molecular formula is C24H29F3N2O4. The minimum Gasteiger partial charge on any atom is -0.478 e. The molecule has 0 bridgehead atoms. The summed E-state index contributed by atoms with van der Waals surface area (Å²) in [5.41, 5.74) is -0.270. The van der Waals surface area contributed by atoms with Gasteiger partial charge in [0.15, 0.2) is 0 Å². The second-order valence-corrected chi connectivity index (χ2v) is 8.73. The molecule has 0 radical (unpaired) electrons. The van der Waals surface area contributed by atoms with Gasteiger partial charge in [0.1, 0.15) is 0 Å². The van der Waals surface area contributed by atoms with Crippen LogP contribution in [0.2, 0.25) is 0 Å². The van der Waals surface area contributed by atoms with Gasteiger partial charge in [-0.15, -0.1) is 0 Å². The lowest BCUT2D eigenvalue weighted by atomic mass is 9.84. The number of amides is 1. The predicted octanol–water partition coefficient (Wildman–Crippen LogP) is 4.06. The number of benzene rings is 2. The van der Waals surface area contributed by atoms with E-state index in [4.69, 9.17) is 10.9 Å². The number of carboxylic acids is 1. The number of nitrogens with zero attached hydrogens (tertiary/aromatic N) is 1. The van der Waals surface area contributed by atoms with Crippen molar-refractivity contribution in [1.29, 1.82) is 0 Å². The summed E-state index contributed by atoms with van der Waals surface area (Å²) >= 11 is 0. The molecule has 0 spiro atoms. The van der Waals surface area contributed by atoms with Gasteiger partial charge < -0.3 is 10.2 Å². The van der Waals surface area contributed by atoms with Crippen LogP contribution in [0.5, 0.6) is 0 Å². The summed E-state index contributed by atoms with van der Waals surface area (Å²) in [6, 6.07) is 11.1. The molecule has 4 N–H and O–H groups in total. The Morgan fingerprint density at radius 3 is 2.27 bits per heavy atom. The highest BCUT2D eigenvalue weighted by Crippen LogP contribution is 2.30.